The molecule has 0 amide bonds. The lowest BCUT2D eigenvalue weighted by molar-refractivity contribution is 0.0941. The zero-order chi connectivity index (χ0) is 17.2. The summed E-state index contributed by atoms with van der Waals surface area (Å²) in [4.78, 5) is 0. The summed E-state index contributed by atoms with van der Waals surface area (Å²) < 4.78 is 18.2. The molecule has 0 radical (unpaired) electrons. The molecule has 0 fully saturated rings. The Morgan fingerprint density at radius 2 is 2.28 bits per heavy atom. The van der Waals surface area contributed by atoms with Crippen molar-refractivity contribution in [1.82, 2.24) is 25.5 Å². The van der Waals surface area contributed by atoms with Crippen LogP contribution in [0.2, 0.25) is 0 Å². The van der Waals surface area contributed by atoms with Crippen LogP contribution in [0.4, 0.5) is 0 Å². The van der Waals surface area contributed by atoms with Crippen molar-refractivity contribution in [3.05, 3.63) is 41.3 Å². The highest BCUT2D eigenvalue weighted by Crippen LogP contribution is 2.24. The van der Waals surface area contributed by atoms with E-state index in [1.54, 1.807) is 12.5 Å². The van der Waals surface area contributed by atoms with E-state index < -0.39 is 0 Å². The van der Waals surface area contributed by atoms with E-state index in [4.69, 9.17) is 13.7 Å². The van der Waals surface area contributed by atoms with Crippen LogP contribution in [-0.2, 0) is 24.4 Å². The quantitative estimate of drug-likeness (QED) is 0.758. The van der Waals surface area contributed by atoms with E-state index in [1.807, 2.05) is 24.6 Å². The minimum absolute atomic E-state index is 0.320. The summed E-state index contributed by atoms with van der Waals surface area (Å²) in [5, 5.41) is 16.1. The van der Waals surface area contributed by atoms with Crippen molar-refractivity contribution in [2.75, 3.05) is 13.2 Å². The zero-order valence-electron chi connectivity index (χ0n) is 14.4. The Morgan fingerprint density at radius 3 is 3.04 bits per heavy atom. The lowest BCUT2D eigenvalue weighted by Gasteiger charge is -2.14. The highest BCUT2D eigenvalue weighted by molar-refractivity contribution is 5.59. The number of aryl methyl sites for hydroxylation is 2. The summed E-state index contributed by atoms with van der Waals surface area (Å²) in [6.07, 6.45) is 3.32. The molecular formula is C17H21N5O3. The Kier molecular flexibility index (Phi) is 4.37. The standard InChI is InChI=1S/C17H21N5O3/c1-11-15(12(2)25-20-11)6-18-5-13-7-22-16(10-24-8-13)17(19-21-22)14-3-4-23-9-14/h3-4,9,13,18H,5-8,10H2,1-2H3. The van der Waals surface area contributed by atoms with Gasteiger partial charge >= 0.3 is 0 Å². The molecule has 1 aliphatic rings. The Hall–Kier alpha value is -2.45. The summed E-state index contributed by atoms with van der Waals surface area (Å²) in [5.74, 6) is 1.19. The lowest BCUT2D eigenvalue weighted by atomic mass is 10.1. The second kappa shape index (κ2) is 6.81. The number of nitrogens with zero attached hydrogens (tertiary/aromatic N) is 4. The van der Waals surface area contributed by atoms with Crippen LogP contribution in [0.15, 0.2) is 27.5 Å². The Bertz CT molecular complexity index is 817. The minimum atomic E-state index is 0.320. The molecule has 132 valence electrons. The van der Waals surface area contributed by atoms with Gasteiger partial charge in [0.15, 0.2) is 0 Å². The Morgan fingerprint density at radius 1 is 1.36 bits per heavy atom. The molecule has 1 unspecified atom stereocenters. The van der Waals surface area contributed by atoms with E-state index in [0.717, 1.165) is 53.6 Å². The van der Waals surface area contributed by atoms with Gasteiger partial charge < -0.3 is 19.0 Å². The fraction of sp³-hybridized carbons (Fsp3) is 0.471. The molecular weight excluding hydrogens is 322 g/mol. The molecule has 25 heavy (non-hydrogen) atoms. The van der Waals surface area contributed by atoms with Crippen LogP contribution < -0.4 is 5.32 Å². The van der Waals surface area contributed by atoms with Gasteiger partial charge in [-0.3, -0.25) is 0 Å². The molecule has 0 aromatic carbocycles. The number of hydrogen-bond acceptors (Lipinski definition) is 7. The number of aromatic nitrogens is 4. The van der Waals surface area contributed by atoms with E-state index >= 15 is 0 Å². The van der Waals surface area contributed by atoms with E-state index in [1.165, 1.54) is 0 Å². The molecule has 1 N–H and O–H groups in total. The van der Waals surface area contributed by atoms with Crippen LogP contribution in [0.25, 0.3) is 11.3 Å². The average molecular weight is 343 g/mol. The van der Waals surface area contributed by atoms with Gasteiger partial charge in [0.1, 0.15) is 11.5 Å². The number of hydrogen-bond donors (Lipinski definition) is 1. The fourth-order valence-electron chi connectivity index (χ4n) is 3.14. The number of ether oxygens (including phenoxy) is 1. The zero-order valence-corrected chi connectivity index (χ0v) is 14.4. The van der Waals surface area contributed by atoms with Crippen molar-refractivity contribution in [1.29, 1.82) is 0 Å². The van der Waals surface area contributed by atoms with Gasteiger partial charge in [-0.05, 0) is 19.9 Å². The third kappa shape index (κ3) is 3.22. The third-order valence-electron chi connectivity index (χ3n) is 4.57. The summed E-state index contributed by atoms with van der Waals surface area (Å²) in [6.45, 7) is 7.42. The smallest absolute Gasteiger partial charge is 0.138 e. The molecule has 8 heteroatoms. The van der Waals surface area contributed by atoms with E-state index in [-0.39, 0.29) is 0 Å². The van der Waals surface area contributed by atoms with Crippen molar-refractivity contribution in [2.45, 2.75) is 33.5 Å². The van der Waals surface area contributed by atoms with Crippen LogP contribution in [-0.4, -0.2) is 33.3 Å². The molecule has 0 spiro atoms. The second-order valence-corrected chi connectivity index (χ2v) is 6.39. The predicted octanol–water partition coefficient (Wildman–Crippen LogP) is 2.08. The van der Waals surface area contributed by atoms with Crippen molar-refractivity contribution in [2.24, 2.45) is 5.92 Å². The molecule has 0 saturated carbocycles. The van der Waals surface area contributed by atoms with Gasteiger partial charge in [0.25, 0.3) is 0 Å². The minimum Gasteiger partial charge on any atom is -0.472 e. The summed E-state index contributed by atoms with van der Waals surface area (Å²) >= 11 is 0. The molecule has 0 aliphatic carbocycles. The number of fused-ring (bicyclic) bond motifs is 1. The molecule has 4 rings (SSSR count). The molecule has 1 atom stereocenters. The predicted molar refractivity (Wildman–Crippen MR) is 88.6 cm³/mol. The Labute approximate surface area is 145 Å². The van der Waals surface area contributed by atoms with Crippen molar-refractivity contribution >= 4 is 0 Å². The third-order valence-corrected chi connectivity index (χ3v) is 4.57. The fourth-order valence-corrected chi connectivity index (χ4v) is 3.14. The lowest BCUT2D eigenvalue weighted by Crippen LogP contribution is -2.28. The largest absolute Gasteiger partial charge is 0.472 e. The highest BCUT2D eigenvalue weighted by atomic mass is 16.5. The summed E-state index contributed by atoms with van der Waals surface area (Å²) in [6, 6.07) is 1.89. The molecule has 3 aromatic rings. The Balaban J connectivity index is 1.40. The summed E-state index contributed by atoms with van der Waals surface area (Å²) in [5.41, 5.74) is 4.82. The van der Waals surface area contributed by atoms with Crippen molar-refractivity contribution < 1.29 is 13.7 Å². The van der Waals surface area contributed by atoms with Crippen molar-refractivity contribution in [3.8, 4) is 11.3 Å². The molecule has 8 nitrogen and oxygen atoms in total. The first-order chi connectivity index (χ1) is 12.2. The monoisotopic (exact) mass is 343 g/mol. The highest BCUT2D eigenvalue weighted by Gasteiger charge is 2.22. The van der Waals surface area contributed by atoms with E-state index in [9.17, 15) is 0 Å². The molecule has 4 heterocycles. The van der Waals surface area contributed by atoms with Gasteiger partial charge in [-0.1, -0.05) is 10.4 Å². The maximum absolute atomic E-state index is 5.86. The van der Waals surface area contributed by atoms with Crippen LogP contribution >= 0.6 is 0 Å². The van der Waals surface area contributed by atoms with Crippen LogP contribution in [0, 0.1) is 19.8 Å². The molecule has 0 saturated heterocycles. The molecule has 0 bridgehead atoms. The van der Waals surface area contributed by atoms with Gasteiger partial charge in [-0.2, -0.15) is 0 Å². The SMILES string of the molecule is Cc1noc(C)c1CNCC1COCc2c(-c3ccoc3)nnn2C1. The van der Waals surface area contributed by atoms with Gasteiger partial charge in [0, 0.05) is 36.7 Å². The topological polar surface area (TPSA) is 91.1 Å². The van der Waals surface area contributed by atoms with Crippen molar-refractivity contribution in [3.63, 3.8) is 0 Å². The van der Waals surface area contributed by atoms with E-state index in [2.05, 4.69) is 20.8 Å². The van der Waals surface area contributed by atoms with Gasteiger partial charge in [-0.25, -0.2) is 4.68 Å². The number of furan rings is 1. The van der Waals surface area contributed by atoms with Crippen LogP contribution in [0.1, 0.15) is 22.7 Å². The first-order valence-electron chi connectivity index (χ1n) is 8.37. The molecule has 1 aliphatic heterocycles. The molecule has 3 aromatic heterocycles. The van der Waals surface area contributed by atoms with Gasteiger partial charge in [0.2, 0.25) is 0 Å². The van der Waals surface area contributed by atoms with Crippen LogP contribution in [0.5, 0.6) is 0 Å². The second-order valence-electron chi connectivity index (χ2n) is 6.39. The first kappa shape index (κ1) is 16.0. The van der Waals surface area contributed by atoms with Gasteiger partial charge in [-0.15, -0.1) is 5.10 Å². The summed E-state index contributed by atoms with van der Waals surface area (Å²) in [7, 11) is 0. The maximum Gasteiger partial charge on any atom is 0.138 e. The number of nitrogens with one attached hydrogen (secondary N) is 1. The van der Waals surface area contributed by atoms with Crippen LogP contribution in [0.3, 0.4) is 0 Å². The van der Waals surface area contributed by atoms with E-state index in [0.29, 0.717) is 19.1 Å². The first-order valence-corrected chi connectivity index (χ1v) is 8.37. The average Bonchev–Trinajstić information content (AvgIpc) is 3.29. The normalized spacial score (nSPS) is 17.4. The maximum atomic E-state index is 5.86. The number of rotatable bonds is 5. The van der Waals surface area contributed by atoms with Gasteiger partial charge in [0.05, 0.1) is 37.1 Å².